The standard InChI is InChI=1S/C28H28F4N2O4/c1-27(2,3)25(35)33-15-7-11-17(12-8-15)37-23-19(29)21(31)24(22(32)20(23)30)38-18-13-9-16(10-14-18)34-26(36)28(4,5)6/h7-14H,1-6H3,(H,33,35)(H,34,36). The molecule has 0 atom stereocenters. The zero-order valence-corrected chi connectivity index (χ0v) is 21.8. The van der Waals surface area contributed by atoms with E-state index in [0.29, 0.717) is 11.4 Å². The van der Waals surface area contributed by atoms with E-state index in [9.17, 15) is 27.2 Å². The van der Waals surface area contributed by atoms with E-state index in [1.807, 2.05) is 0 Å². The molecule has 202 valence electrons. The molecule has 2 amide bonds. The van der Waals surface area contributed by atoms with Gasteiger partial charge in [0.25, 0.3) is 0 Å². The average molecular weight is 533 g/mol. The van der Waals surface area contributed by atoms with Crippen LogP contribution >= 0.6 is 0 Å². The lowest BCUT2D eigenvalue weighted by Gasteiger charge is -2.18. The SMILES string of the molecule is CC(C)(C)C(=O)Nc1ccc(Oc2c(F)c(F)c(Oc3ccc(NC(=O)C(C)(C)C)cc3)c(F)c2F)cc1. The topological polar surface area (TPSA) is 76.7 Å². The lowest BCUT2D eigenvalue weighted by Crippen LogP contribution is -2.27. The summed E-state index contributed by atoms with van der Waals surface area (Å²) >= 11 is 0. The number of rotatable bonds is 6. The van der Waals surface area contributed by atoms with Crippen LogP contribution in [-0.2, 0) is 9.59 Å². The van der Waals surface area contributed by atoms with Crippen molar-refractivity contribution in [2.45, 2.75) is 41.5 Å². The van der Waals surface area contributed by atoms with Crippen LogP contribution in [0.5, 0.6) is 23.0 Å². The Morgan fingerprint density at radius 2 is 0.816 bits per heavy atom. The number of carbonyl (C=O) groups is 2. The summed E-state index contributed by atoms with van der Waals surface area (Å²) < 4.78 is 69.0. The highest BCUT2D eigenvalue weighted by Gasteiger charge is 2.29. The molecule has 38 heavy (non-hydrogen) atoms. The molecule has 3 aromatic rings. The molecule has 3 aromatic carbocycles. The van der Waals surface area contributed by atoms with Gasteiger partial charge in [0.05, 0.1) is 0 Å². The van der Waals surface area contributed by atoms with Crippen LogP contribution in [0.25, 0.3) is 0 Å². The second-order valence-electron chi connectivity index (χ2n) is 10.6. The molecule has 0 radical (unpaired) electrons. The van der Waals surface area contributed by atoms with Gasteiger partial charge in [-0.15, -0.1) is 0 Å². The van der Waals surface area contributed by atoms with Gasteiger partial charge in [0.2, 0.25) is 46.6 Å². The third kappa shape index (κ3) is 6.62. The van der Waals surface area contributed by atoms with Crippen molar-refractivity contribution < 1.29 is 36.6 Å². The van der Waals surface area contributed by atoms with E-state index in [2.05, 4.69) is 10.6 Å². The molecule has 2 N–H and O–H groups in total. The Morgan fingerprint density at radius 1 is 0.553 bits per heavy atom. The van der Waals surface area contributed by atoms with E-state index in [-0.39, 0.29) is 23.3 Å². The quantitative estimate of drug-likeness (QED) is 0.251. The molecule has 0 aliphatic rings. The Balaban J connectivity index is 1.78. The average Bonchev–Trinajstić information content (AvgIpc) is 2.84. The molecule has 0 saturated heterocycles. The second kappa shape index (κ2) is 10.7. The predicted molar refractivity (Wildman–Crippen MR) is 135 cm³/mol. The third-order valence-corrected chi connectivity index (χ3v) is 5.21. The highest BCUT2D eigenvalue weighted by molar-refractivity contribution is 5.95. The van der Waals surface area contributed by atoms with E-state index in [1.54, 1.807) is 41.5 Å². The predicted octanol–water partition coefficient (Wildman–Crippen LogP) is 7.80. The van der Waals surface area contributed by atoms with E-state index >= 15 is 0 Å². The Hall–Kier alpha value is -4.08. The molecule has 0 bridgehead atoms. The smallest absolute Gasteiger partial charge is 0.229 e. The lowest BCUT2D eigenvalue weighted by molar-refractivity contribution is -0.123. The van der Waals surface area contributed by atoms with Gasteiger partial charge in [-0.25, -0.2) is 0 Å². The van der Waals surface area contributed by atoms with Gasteiger partial charge < -0.3 is 20.1 Å². The number of halogens is 4. The minimum atomic E-state index is -1.79. The number of carbonyl (C=O) groups excluding carboxylic acids is 2. The van der Waals surface area contributed by atoms with Crippen LogP contribution in [0.2, 0.25) is 0 Å². The number of hydrogen-bond acceptors (Lipinski definition) is 4. The molecule has 0 aliphatic heterocycles. The molecule has 0 heterocycles. The van der Waals surface area contributed by atoms with Gasteiger partial charge in [-0.3, -0.25) is 9.59 Å². The minimum Gasteiger partial charge on any atom is -0.451 e. The Kier molecular flexibility index (Phi) is 8.04. The van der Waals surface area contributed by atoms with Crippen molar-refractivity contribution >= 4 is 23.2 Å². The summed E-state index contributed by atoms with van der Waals surface area (Å²) in [6, 6.07) is 10.7. The first-order valence-electron chi connectivity index (χ1n) is 11.6. The van der Waals surface area contributed by atoms with E-state index in [0.717, 1.165) is 0 Å². The van der Waals surface area contributed by atoms with Crippen LogP contribution < -0.4 is 20.1 Å². The van der Waals surface area contributed by atoms with Crippen LogP contribution in [0.1, 0.15) is 41.5 Å². The fraction of sp³-hybridized carbons (Fsp3) is 0.286. The van der Waals surface area contributed by atoms with Gasteiger partial charge in [0.15, 0.2) is 0 Å². The molecule has 3 rings (SSSR count). The zero-order chi connectivity index (χ0) is 28.4. The molecule has 10 heteroatoms. The molecule has 0 saturated carbocycles. The highest BCUT2D eigenvalue weighted by Crippen LogP contribution is 2.39. The van der Waals surface area contributed by atoms with Crippen LogP contribution in [0, 0.1) is 34.1 Å². The number of nitrogens with one attached hydrogen (secondary N) is 2. The van der Waals surface area contributed by atoms with Crippen molar-refractivity contribution in [1.29, 1.82) is 0 Å². The number of hydrogen-bond donors (Lipinski definition) is 2. The molecular formula is C28H28F4N2O4. The van der Waals surface area contributed by atoms with Gasteiger partial charge >= 0.3 is 0 Å². The van der Waals surface area contributed by atoms with Crippen LogP contribution in [0.15, 0.2) is 48.5 Å². The fourth-order valence-corrected chi connectivity index (χ4v) is 2.86. The molecule has 0 fully saturated rings. The van der Waals surface area contributed by atoms with Crippen LogP contribution in [0.4, 0.5) is 28.9 Å². The van der Waals surface area contributed by atoms with Crippen molar-refractivity contribution in [3.05, 3.63) is 71.8 Å². The van der Waals surface area contributed by atoms with Crippen LogP contribution in [-0.4, -0.2) is 11.8 Å². The van der Waals surface area contributed by atoms with Gasteiger partial charge in [-0.1, -0.05) is 41.5 Å². The summed E-state index contributed by atoms with van der Waals surface area (Å²) in [5.41, 5.74) is -0.513. The number of anilines is 2. The third-order valence-electron chi connectivity index (χ3n) is 5.21. The zero-order valence-electron chi connectivity index (χ0n) is 21.8. The molecule has 6 nitrogen and oxygen atoms in total. The van der Waals surface area contributed by atoms with Gasteiger partial charge in [0.1, 0.15) is 11.5 Å². The molecule has 0 unspecified atom stereocenters. The number of amides is 2. The largest absolute Gasteiger partial charge is 0.451 e. The fourth-order valence-electron chi connectivity index (χ4n) is 2.86. The monoisotopic (exact) mass is 532 g/mol. The summed E-state index contributed by atoms with van der Waals surface area (Å²) in [4.78, 5) is 24.2. The maximum atomic E-state index is 14.7. The van der Waals surface area contributed by atoms with E-state index < -0.39 is 45.6 Å². The Labute approximate surface area is 218 Å². The van der Waals surface area contributed by atoms with Crippen molar-refractivity contribution in [3.8, 4) is 23.0 Å². The lowest BCUT2D eigenvalue weighted by atomic mass is 9.95. The van der Waals surface area contributed by atoms with Crippen molar-refractivity contribution in [2.24, 2.45) is 10.8 Å². The first-order chi connectivity index (χ1) is 17.6. The maximum Gasteiger partial charge on any atom is 0.229 e. The first-order valence-corrected chi connectivity index (χ1v) is 11.6. The molecule has 0 aromatic heterocycles. The van der Waals surface area contributed by atoms with Gasteiger partial charge in [0, 0.05) is 22.2 Å². The summed E-state index contributed by atoms with van der Waals surface area (Å²) in [5, 5.41) is 5.33. The summed E-state index contributed by atoms with van der Waals surface area (Å²) in [7, 11) is 0. The molecular weight excluding hydrogens is 504 g/mol. The van der Waals surface area contributed by atoms with Crippen molar-refractivity contribution in [3.63, 3.8) is 0 Å². The minimum absolute atomic E-state index is 0.128. The maximum absolute atomic E-state index is 14.7. The number of benzene rings is 3. The number of ether oxygens (including phenoxy) is 2. The normalized spacial score (nSPS) is 11.6. The highest BCUT2D eigenvalue weighted by atomic mass is 19.2. The van der Waals surface area contributed by atoms with E-state index in [1.165, 1.54) is 48.5 Å². The summed E-state index contributed by atoms with van der Waals surface area (Å²) in [6.07, 6.45) is 0. The summed E-state index contributed by atoms with van der Waals surface area (Å²) in [6.45, 7) is 10.4. The summed E-state index contributed by atoms with van der Waals surface area (Å²) in [5.74, 6) is -10.5. The second-order valence-corrected chi connectivity index (χ2v) is 10.6. The Bertz CT molecular complexity index is 1210. The van der Waals surface area contributed by atoms with Crippen molar-refractivity contribution in [2.75, 3.05) is 10.6 Å². The van der Waals surface area contributed by atoms with E-state index in [4.69, 9.17) is 9.47 Å². The van der Waals surface area contributed by atoms with Crippen molar-refractivity contribution in [1.82, 2.24) is 0 Å². The van der Waals surface area contributed by atoms with Crippen LogP contribution in [0.3, 0.4) is 0 Å². The Morgan fingerprint density at radius 3 is 1.05 bits per heavy atom. The first kappa shape index (κ1) is 28.5. The van der Waals surface area contributed by atoms with Gasteiger partial charge in [-0.2, -0.15) is 17.6 Å². The van der Waals surface area contributed by atoms with Gasteiger partial charge in [-0.05, 0) is 48.5 Å². The molecule has 0 aliphatic carbocycles. The molecule has 0 spiro atoms.